The topological polar surface area (TPSA) is 67.4 Å². The summed E-state index contributed by atoms with van der Waals surface area (Å²) >= 11 is 5.34. The highest BCUT2D eigenvalue weighted by Gasteiger charge is 2.02. The van der Waals surface area contributed by atoms with Crippen molar-refractivity contribution in [3.63, 3.8) is 0 Å². The number of hydrogen-bond donors (Lipinski definition) is 2. The number of hydrogen-bond acceptors (Lipinski definition) is 3. The molecule has 0 bridgehead atoms. The van der Waals surface area contributed by atoms with Gasteiger partial charge in [0.1, 0.15) is 5.88 Å². The average molecular weight is 243 g/mol. The number of methoxy groups -OCH3 is 1. The molecule has 6 heteroatoms. The van der Waals surface area contributed by atoms with Crippen molar-refractivity contribution in [3.8, 4) is 0 Å². The molecule has 0 aliphatic heterocycles. The molecule has 0 aliphatic rings. The van der Waals surface area contributed by atoms with Gasteiger partial charge in [0, 0.05) is 11.4 Å². The van der Waals surface area contributed by atoms with Crippen molar-refractivity contribution < 1.29 is 14.3 Å². The quantitative estimate of drug-likeness (QED) is 0.797. The van der Waals surface area contributed by atoms with E-state index in [2.05, 4.69) is 15.4 Å². The van der Waals surface area contributed by atoms with Crippen LogP contribution < -0.4 is 10.6 Å². The van der Waals surface area contributed by atoms with Gasteiger partial charge in [0.25, 0.3) is 0 Å². The van der Waals surface area contributed by atoms with Crippen LogP contribution in [0.15, 0.2) is 24.3 Å². The molecule has 0 fully saturated rings. The number of carbonyl (C=O) groups is 2. The molecule has 0 heterocycles. The molecule has 0 atom stereocenters. The van der Waals surface area contributed by atoms with Crippen molar-refractivity contribution in [2.75, 3.05) is 23.6 Å². The van der Waals surface area contributed by atoms with Crippen LogP contribution in [0.2, 0.25) is 0 Å². The Morgan fingerprint density at radius 2 is 1.69 bits per heavy atom. The summed E-state index contributed by atoms with van der Waals surface area (Å²) < 4.78 is 4.43. The van der Waals surface area contributed by atoms with Crippen LogP contribution in [-0.2, 0) is 9.53 Å². The Balaban J connectivity index is 2.60. The van der Waals surface area contributed by atoms with E-state index in [-0.39, 0.29) is 11.8 Å². The summed E-state index contributed by atoms with van der Waals surface area (Å²) in [4.78, 5) is 21.8. The van der Waals surface area contributed by atoms with Crippen LogP contribution in [0.5, 0.6) is 0 Å². The number of rotatable bonds is 3. The SMILES string of the molecule is COC(=O)Nc1ccc(NC(=O)CCl)cc1. The van der Waals surface area contributed by atoms with Crippen LogP contribution in [0.4, 0.5) is 16.2 Å². The van der Waals surface area contributed by atoms with Gasteiger partial charge in [-0.1, -0.05) is 0 Å². The molecule has 2 N–H and O–H groups in total. The van der Waals surface area contributed by atoms with Crippen molar-refractivity contribution in [3.05, 3.63) is 24.3 Å². The van der Waals surface area contributed by atoms with Crippen LogP contribution in [0.25, 0.3) is 0 Å². The molecule has 86 valence electrons. The molecule has 1 rings (SSSR count). The summed E-state index contributed by atoms with van der Waals surface area (Å²) in [5.41, 5.74) is 1.19. The predicted octanol–water partition coefficient (Wildman–Crippen LogP) is 2.04. The van der Waals surface area contributed by atoms with E-state index < -0.39 is 6.09 Å². The Hall–Kier alpha value is -1.75. The van der Waals surface area contributed by atoms with Gasteiger partial charge >= 0.3 is 6.09 Å². The molecular formula is C10H11ClN2O3. The fourth-order valence-electron chi connectivity index (χ4n) is 1.00. The molecule has 0 saturated carbocycles. The van der Waals surface area contributed by atoms with Crippen LogP contribution in [-0.4, -0.2) is 25.0 Å². The molecule has 0 spiro atoms. The number of ether oxygens (including phenoxy) is 1. The summed E-state index contributed by atoms with van der Waals surface area (Å²) in [6.07, 6.45) is -0.544. The van der Waals surface area contributed by atoms with Gasteiger partial charge in [-0.2, -0.15) is 0 Å². The first-order valence-electron chi connectivity index (χ1n) is 4.46. The minimum atomic E-state index is -0.544. The smallest absolute Gasteiger partial charge is 0.411 e. The molecule has 0 saturated heterocycles. The molecule has 16 heavy (non-hydrogen) atoms. The van der Waals surface area contributed by atoms with Crippen molar-refractivity contribution in [1.82, 2.24) is 0 Å². The normalized spacial score (nSPS) is 9.38. The largest absolute Gasteiger partial charge is 0.453 e. The predicted molar refractivity (Wildman–Crippen MR) is 61.8 cm³/mol. The fourth-order valence-corrected chi connectivity index (χ4v) is 1.07. The van der Waals surface area contributed by atoms with E-state index in [0.29, 0.717) is 11.4 Å². The van der Waals surface area contributed by atoms with E-state index in [4.69, 9.17) is 11.6 Å². The Kier molecular flexibility index (Phi) is 4.60. The number of alkyl halides is 1. The lowest BCUT2D eigenvalue weighted by atomic mass is 10.3. The average Bonchev–Trinajstić information content (AvgIpc) is 2.31. The van der Waals surface area contributed by atoms with Gasteiger partial charge in [0.2, 0.25) is 5.91 Å². The summed E-state index contributed by atoms with van der Waals surface area (Å²) in [6.45, 7) is 0. The first-order chi connectivity index (χ1) is 7.65. The number of benzene rings is 1. The van der Waals surface area contributed by atoms with Gasteiger partial charge in [-0.25, -0.2) is 4.79 Å². The first-order valence-corrected chi connectivity index (χ1v) is 5.00. The molecule has 2 amide bonds. The monoisotopic (exact) mass is 242 g/mol. The Morgan fingerprint density at radius 3 is 2.12 bits per heavy atom. The lowest BCUT2D eigenvalue weighted by molar-refractivity contribution is -0.113. The zero-order valence-electron chi connectivity index (χ0n) is 8.62. The van der Waals surface area contributed by atoms with Gasteiger partial charge in [-0.05, 0) is 24.3 Å². The molecule has 0 radical (unpaired) electrons. The maximum atomic E-state index is 11.0. The summed E-state index contributed by atoms with van der Waals surface area (Å²) in [7, 11) is 1.28. The Bertz CT molecular complexity index is 341. The van der Waals surface area contributed by atoms with E-state index in [9.17, 15) is 9.59 Å². The van der Waals surface area contributed by atoms with Crippen LogP contribution >= 0.6 is 11.6 Å². The van der Waals surface area contributed by atoms with Crippen LogP contribution in [0, 0.1) is 0 Å². The van der Waals surface area contributed by atoms with Gasteiger partial charge in [-0.3, -0.25) is 10.1 Å². The Morgan fingerprint density at radius 1 is 1.19 bits per heavy atom. The van der Waals surface area contributed by atoms with E-state index in [1.807, 2.05) is 0 Å². The molecule has 5 nitrogen and oxygen atoms in total. The minimum Gasteiger partial charge on any atom is -0.453 e. The van der Waals surface area contributed by atoms with Crippen molar-refractivity contribution >= 4 is 35.0 Å². The second kappa shape index (κ2) is 5.97. The number of amides is 2. The third-order valence-electron chi connectivity index (χ3n) is 1.72. The first kappa shape index (κ1) is 12.3. The van der Waals surface area contributed by atoms with E-state index >= 15 is 0 Å². The van der Waals surface area contributed by atoms with E-state index in [0.717, 1.165) is 0 Å². The molecule has 1 aromatic rings. The number of nitrogens with one attached hydrogen (secondary N) is 2. The second-order valence-electron chi connectivity index (χ2n) is 2.88. The summed E-state index contributed by atoms with van der Waals surface area (Å²) in [5, 5.41) is 5.06. The second-order valence-corrected chi connectivity index (χ2v) is 3.14. The fraction of sp³-hybridized carbons (Fsp3) is 0.200. The van der Waals surface area contributed by atoms with Crippen molar-refractivity contribution in [2.45, 2.75) is 0 Å². The number of halogens is 1. The maximum absolute atomic E-state index is 11.0. The molecule has 0 unspecified atom stereocenters. The summed E-state index contributed by atoms with van der Waals surface area (Å²) in [5.74, 6) is -0.377. The Labute approximate surface area is 97.7 Å². The van der Waals surface area contributed by atoms with Gasteiger partial charge in [0.05, 0.1) is 7.11 Å². The van der Waals surface area contributed by atoms with Gasteiger partial charge in [-0.15, -0.1) is 11.6 Å². The molecule has 0 aromatic heterocycles. The zero-order chi connectivity index (χ0) is 12.0. The molecule has 0 aliphatic carbocycles. The molecule has 1 aromatic carbocycles. The third kappa shape index (κ3) is 3.78. The van der Waals surface area contributed by atoms with E-state index in [1.54, 1.807) is 24.3 Å². The number of carbonyl (C=O) groups excluding carboxylic acids is 2. The zero-order valence-corrected chi connectivity index (χ0v) is 9.38. The van der Waals surface area contributed by atoms with Crippen molar-refractivity contribution in [1.29, 1.82) is 0 Å². The maximum Gasteiger partial charge on any atom is 0.411 e. The standard InChI is InChI=1S/C10H11ClN2O3/c1-16-10(15)13-8-4-2-7(3-5-8)12-9(14)6-11/h2-5H,6H2,1H3,(H,12,14)(H,13,15). The lowest BCUT2D eigenvalue weighted by Crippen LogP contribution is -2.13. The van der Waals surface area contributed by atoms with Crippen LogP contribution in [0.3, 0.4) is 0 Å². The van der Waals surface area contributed by atoms with E-state index in [1.165, 1.54) is 7.11 Å². The highest BCUT2D eigenvalue weighted by molar-refractivity contribution is 6.29. The van der Waals surface area contributed by atoms with Crippen LogP contribution in [0.1, 0.15) is 0 Å². The number of anilines is 2. The van der Waals surface area contributed by atoms with Gasteiger partial charge in [0.15, 0.2) is 0 Å². The minimum absolute atomic E-state index is 0.0951. The summed E-state index contributed by atoms with van der Waals surface area (Å²) in [6, 6.07) is 6.58. The van der Waals surface area contributed by atoms with Gasteiger partial charge < -0.3 is 10.1 Å². The third-order valence-corrected chi connectivity index (χ3v) is 1.96. The lowest BCUT2D eigenvalue weighted by Gasteiger charge is -2.05. The molecular weight excluding hydrogens is 232 g/mol. The van der Waals surface area contributed by atoms with Crippen molar-refractivity contribution in [2.24, 2.45) is 0 Å². The highest BCUT2D eigenvalue weighted by Crippen LogP contribution is 2.13. The highest BCUT2D eigenvalue weighted by atomic mass is 35.5.